The minimum atomic E-state index is 0.393. The zero-order valence-electron chi connectivity index (χ0n) is 17.0. The molecule has 150 valence electrons. The molecule has 0 heterocycles. The first-order valence-corrected chi connectivity index (χ1v) is 11.8. The fourth-order valence-electron chi connectivity index (χ4n) is 6.38. The molecule has 0 amide bonds. The van der Waals surface area contributed by atoms with Gasteiger partial charge in [0.15, 0.2) is 0 Å². The smallest absolute Gasteiger partial charge is 0.0412 e. The molecule has 0 saturated heterocycles. The van der Waals surface area contributed by atoms with Gasteiger partial charge in [-0.25, -0.2) is 0 Å². The summed E-state index contributed by atoms with van der Waals surface area (Å²) >= 11 is 12.8. The zero-order valence-corrected chi connectivity index (χ0v) is 18.6. The van der Waals surface area contributed by atoms with Crippen molar-refractivity contribution in [1.82, 2.24) is 0 Å². The van der Waals surface area contributed by atoms with Gasteiger partial charge in [0.25, 0.3) is 0 Å². The second-order valence-corrected chi connectivity index (χ2v) is 9.98. The van der Waals surface area contributed by atoms with Gasteiger partial charge in [-0.3, -0.25) is 0 Å². The lowest BCUT2D eigenvalue weighted by atomic mass is 9.82. The van der Waals surface area contributed by atoms with Crippen molar-refractivity contribution in [3.8, 4) is 33.4 Å². The van der Waals surface area contributed by atoms with Crippen LogP contribution in [0.5, 0.6) is 0 Å². The van der Waals surface area contributed by atoms with Crippen molar-refractivity contribution in [2.24, 2.45) is 0 Å². The largest absolute Gasteiger partial charge is 0.0843 e. The molecular formula is C30H16Cl2. The Morgan fingerprint density at radius 1 is 0.625 bits per heavy atom. The average molecular weight is 447 g/mol. The van der Waals surface area contributed by atoms with Gasteiger partial charge < -0.3 is 0 Å². The lowest BCUT2D eigenvalue weighted by Crippen LogP contribution is -2.02. The van der Waals surface area contributed by atoms with Gasteiger partial charge in [-0.15, -0.1) is 0 Å². The Kier molecular flexibility index (Phi) is 3.19. The van der Waals surface area contributed by atoms with Gasteiger partial charge in [-0.2, -0.15) is 0 Å². The Bertz CT molecular complexity index is 1720. The van der Waals surface area contributed by atoms with Gasteiger partial charge >= 0.3 is 0 Å². The summed E-state index contributed by atoms with van der Waals surface area (Å²) in [5.74, 6) is 0.393. The predicted molar refractivity (Wildman–Crippen MR) is 137 cm³/mol. The van der Waals surface area contributed by atoms with Crippen LogP contribution in [0.3, 0.4) is 0 Å². The van der Waals surface area contributed by atoms with Gasteiger partial charge in [0.05, 0.1) is 0 Å². The fourth-order valence-corrected chi connectivity index (χ4v) is 6.73. The van der Waals surface area contributed by atoms with E-state index in [9.17, 15) is 0 Å². The van der Waals surface area contributed by atoms with Gasteiger partial charge in [0.2, 0.25) is 0 Å². The van der Waals surface area contributed by atoms with Crippen molar-refractivity contribution in [3.63, 3.8) is 0 Å². The highest BCUT2D eigenvalue weighted by molar-refractivity contribution is 6.32. The van der Waals surface area contributed by atoms with Crippen LogP contribution in [-0.4, -0.2) is 0 Å². The van der Waals surface area contributed by atoms with E-state index in [0.717, 1.165) is 16.5 Å². The van der Waals surface area contributed by atoms with E-state index < -0.39 is 0 Å². The second kappa shape index (κ2) is 5.84. The fraction of sp³-hybridized carbons (Fsp3) is 0.0667. The highest BCUT2D eigenvalue weighted by Crippen LogP contribution is 2.56. The lowest BCUT2D eigenvalue weighted by molar-refractivity contribution is 0.846. The number of fused-ring (bicyclic) bond motifs is 9. The van der Waals surface area contributed by atoms with Crippen LogP contribution < -0.4 is 0 Å². The molecule has 0 radical (unpaired) electrons. The molecule has 0 fully saturated rings. The minimum Gasteiger partial charge on any atom is -0.0843 e. The molecule has 5 aromatic rings. The number of rotatable bonds is 0. The highest BCUT2D eigenvalue weighted by Gasteiger charge is 2.34. The first kappa shape index (κ1) is 17.5. The summed E-state index contributed by atoms with van der Waals surface area (Å²) in [4.78, 5) is 0. The van der Waals surface area contributed by atoms with Gasteiger partial charge in [0.1, 0.15) is 0 Å². The Balaban J connectivity index is 1.56. The van der Waals surface area contributed by atoms with E-state index in [-0.39, 0.29) is 0 Å². The molecule has 5 aromatic carbocycles. The molecule has 1 unspecified atom stereocenters. The van der Waals surface area contributed by atoms with Crippen LogP contribution in [0.15, 0.2) is 72.8 Å². The van der Waals surface area contributed by atoms with Gasteiger partial charge in [-0.05, 0) is 114 Å². The molecule has 0 aromatic heterocycles. The molecule has 8 rings (SSSR count). The first-order valence-electron chi connectivity index (χ1n) is 11.0. The van der Waals surface area contributed by atoms with Crippen LogP contribution in [0.25, 0.3) is 61.0 Å². The Labute approximate surface area is 195 Å². The average Bonchev–Trinajstić information content (AvgIpc) is 3.29. The quantitative estimate of drug-likeness (QED) is 0.203. The molecule has 0 nitrogen and oxygen atoms in total. The first-order chi connectivity index (χ1) is 15.7. The highest BCUT2D eigenvalue weighted by atomic mass is 35.5. The molecule has 2 heteroatoms. The number of hydrogen-bond acceptors (Lipinski definition) is 0. The summed E-state index contributed by atoms with van der Waals surface area (Å²) in [6.07, 6.45) is 5.70. The third kappa shape index (κ3) is 2.01. The van der Waals surface area contributed by atoms with E-state index in [4.69, 9.17) is 23.2 Å². The third-order valence-electron chi connectivity index (χ3n) is 7.61. The summed E-state index contributed by atoms with van der Waals surface area (Å²) in [5.41, 5.74) is 12.0. The van der Waals surface area contributed by atoms with Crippen molar-refractivity contribution in [1.29, 1.82) is 0 Å². The van der Waals surface area contributed by atoms with Crippen LogP contribution >= 0.6 is 23.2 Å². The van der Waals surface area contributed by atoms with Crippen molar-refractivity contribution in [2.45, 2.75) is 12.3 Å². The lowest BCUT2D eigenvalue weighted by Gasteiger charge is -2.21. The SMILES string of the molecule is Clc1ccc2c(c1)-c1cccc3c1c-2cc1c2c4c(cc13)-c1ccc(Cl)cc1C4CC=C2. The monoisotopic (exact) mass is 446 g/mol. The van der Waals surface area contributed by atoms with E-state index in [0.29, 0.717) is 5.92 Å². The molecule has 3 aliphatic carbocycles. The van der Waals surface area contributed by atoms with Crippen LogP contribution in [0.2, 0.25) is 10.0 Å². The number of halogens is 2. The maximum Gasteiger partial charge on any atom is 0.0412 e. The Morgan fingerprint density at radius 3 is 2.34 bits per heavy atom. The summed E-state index contributed by atoms with van der Waals surface area (Å²) in [5, 5.41) is 6.93. The molecule has 3 aliphatic rings. The van der Waals surface area contributed by atoms with Crippen molar-refractivity contribution < 1.29 is 0 Å². The normalized spacial score (nSPS) is 16.5. The van der Waals surface area contributed by atoms with E-state index >= 15 is 0 Å². The molecular weight excluding hydrogens is 431 g/mol. The number of hydrogen-bond donors (Lipinski definition) is 0. The summed E-state index contributed by atoms with van der Waals surface area (Å²) < 4.78 is 0. The topological polar surface area (TPSA) is 0 Å². The molecule has 0 spiro atoms. The molecule has 0 bridgehead atoms. The molecule has 0 N–H and O–H groups in total. The van der Waals surface area contributed by atoms with Gasteiger partial charge in [0, 0.05) is 16.0 Å². The van der Waals surface area contributed by atoms with Gasteiger partial charge in [-0.1, -0.05) is 65.7 Å². The maximum atomic E-state index is 6.41. The molecule has 0 saturated carbocycles. The minimum absolute atomic E-state index is 0.393. The van der Waals surface area contributed by atoms with Crippen LogP contribution in [-0.2, 0) is 0 Å². The summed E-state index contributed by atoms with van der Waals surface area (Å²) in [7, 11) is 0. The van der Waals surface area contributed by atoms with Crippen molar-refractivity contribution in [2.75, 3.05) is 0 Å². The standard InChI is InChI=1S/C30H16Cl2/c31-15-7-9-17-23(11-15)19-3-1-5-21-25-13-28-18-10-8-16(32)12-24(18)20-4-2-6-22(30(20)28)26(25)14-27(17)29(19)21/h1-3,5-14,20H,4H2. The number of allylic oxidation sites excluding steroid dienone is 1. The summed E-state index contributed by atoms with van der Waals surface area (Å²) in [6.45, 7) is 0. The van der Waals surface area contributed by atoms with E-state index in [2.05, 4.69) is 66.7 Å². The van der Waals surface area contributed by atoms with E-state index in [1.54, 1.807) is 0 Å². The van der Waals surface area contributed by atoms with Crippen LogP contribution in [0, 0.1) is 0 Å². The summed E-state index contributed by atoms with van der Waals surface area (Å²) in [6, 6.07) is 24.2. The van der Waals surface area contributed by atoms with E-state index in [1.807, 2.05) is 12.1 Å². The molecule has 32 heavy (non-hydrogen) atoms. The predicted octanol–water partition coefficient (Wildman–Crippen LogP) is 9.48. The third-order valence-corrected chi connectivity index (χ3v) is 8.08. The van der Waals surface area contributed by atoms with Crippen LogP contribution in [0.1, 0.15) is 29.0 Å². The molecule has 1 atom stereocenters. The second-order valence-electron chi connectivity index (χ2n) is 9.11. The molecule has 0 aliphatic heterocycles. The Morgan fingerprint density at radius 2 is 1.44 bits per heavy atom. The van der Waals surface area contributed by atoms with Crippen LogP contribution in [0.4, 0.5) is 0 Å². The van der Waals surface area contributed by atoms with Crippen molar-refractivity contribution >= 4 is 50.8 Å². The maximum absolute atomic E-state index is 6.41. The zero-order chi connectivity index (χ0) is 21.1. The van der Waals surface area contributed by atoms with E-state index in [1.165, 1.54) is 71.6 Å². The Hall–Kier alpha value is -3.06. The van der Waals surface area contributed by atoms with Crippen molar-refractivity contribution in [3.05, 3.63) is 99.5 Å². The number of benzene rings is 5.